The van der Waals surface area contributed by atoms with E-state index in [2.05, 4.69) is 0 Å². The maximum absolute atomic E-state index is 13.4. The highest BCUT2D eigenvalue weighted by Gasteiger charge is 2.49. The van der Waals surface area contributed by atoms with Crippen LogP contribution < -0.4 is 5.73 Å². The molecule has 0 spiro atoms. The van der Waals surface area contributed by atoms with E-state index in [0.29, 0.717) is 0 Å². The van der Waals surface area contributed by atoms with E-state index in [4.69, 9.17) is 15.2 Å². The Morgan fingerprint density at radius 2 is 1.78 bits per heavy atom. The van der Waals surface area contributed by atoms with Crippen molar-refractivity contribution >= 4 is 11.6 Å². The van der Waals surface area contributed by atoms with Gasteiger partial charge in [-0.25, -0.2) is 0 Å². The van der Waals surface area contributed by atoms with Crippen LogP contribution in [0.2, 0.25) is 0 Å². The van der Waals surface area contributed by atoms with Crippen molar-refractivity contribution in [2.75, 3.05) is 0 Å². The smallest absolute Gasteiger partial charge is 0.202 e. The number of ether oxygens (including phenoxy) is 2. The number of hydrogen-bond acceptors (Lipinski definition) is 11. The Hall–Kier alpha value is -3.06. The second kappa shape index (κ2) is 8.76. The Labute approximate surface area is 211 Å². The topological polar surface area (TPSA) is 200 Å². The number of aliphatic hydroxyl groups is 3. The first-order chi connectivity index (χ1) is 17.4. The molecule has 7 unspecified atom stereocenters. The van der Waals surface area contributed by atoms with Crippen molar-refractivity contribution in [3.05, 3.63) is 51.6 Å². The summed E-state index contributed by atoms with van der Waals surface area (Å²) in [6, 6.07) is 3.25. The van der Waals surface area contributed by atoms with Gasteiger partial charge in [0.2, 0.25) is 5.78 Å². The highest BCUT2D eigenvalue weighted by atomic mass is 16.7. The van der Waals surface area contributed by atoms with Crippen LogP contribution in [0.3, 0.4) is 0 Å². The summed E-state index contributed by atoms with van der Waals surface area (Å²) in [6.07, 6.45) is -5.63. The minimum Gasteiger partial charge on any atom is -0.507 e. The second-order valence-electron chi connectivity index (χ2n) is 10.1. The molecule has 2 aromatic rings. The highest BCUT2D eigenvalue weighted by Crippen LogP contribution is 2.52. The number of benzene rings is 2. The number of aliphatic hydroxyl groups excluding tert-OH is 2. The first-order valence-corrected chi connectivity index (χ1v) is 12.0. The van der Waals surface area contributed by atoms with E-state index in [1.54, 1.807) is 6.92 Å². The second-order valence-corrected chi connectivity index (χ2v) is 10.1. The summed E-state index contributed by atoms with van der Waals surface area (Å²) in [6.45, 7) is 2.96. The Morgan fingerprint density at radius 3 is 2.43 bits per heavy atom. The fourth-order valence-corrected chi connectivity index (χ4v) is 5.58. The van der Waals surface area contributed by atoms with Crippen LogP contribution in [0, 0.1) is 0 Å². The van der Waals surface area contributed by atoms with Crippen LogP contribution >= 0.6 is 0 Å². The van der Waals surface area contributed by atoms with Gasteiger partial charge in [0.15, 0.2) is 12.1 Å². The normalized spacial score (nSPS) is 31.9. The number of aromatic hydroxyl groups is 3. The molecule has 2 aromatic carbocycles. The molecule has 5 rings (SSSR count). The lowest BCUT2D eigenvalue weighted by molar-refractivity contribution is -0.250. The lowest BCUT2D eigenvalue weighted by atomic mass is 9.71. The van der Waals surface area contributed by atoms with Crippen LogP contribution in [0.25, 0.3) is 0 Å². The summed E-state index contributed by atoms with van der Waals surface area (Å²) in [5, 5.41) is 64.7. The van der Waals surface area contributed by atoms with E-state index >= 15 is 0 Å². The van der Waals surface area contributed by atoms with E-state index < -0.39 is 82.3 Å². The molecule has 1 heterocycles. The van der Waals surface area contributed by atoms with Crippen molar-refractivity contribution in [2.24, 2.45) is 5.73 Å². The van der Waals surface area contributed by atoms with Gasteiger partial charge in [0.1, 0.15) is 17.2 Å². The number of phenolic OH excluding ortho intramolecular Hbond substituents is 3. The third-order valence-corrected chi connectivity index (χ3v) is 7.75. The van der Waals surface area contributed by atoms with E-state index in [1.807, 2.05) is 0 Å². The lowest BCUT2D eigenvalue weighted by Crippen LogP contribution is -2.53. The number of hydrogen-bond donors (Lipinski definition) is 7. The summed E-state index contributed by atoms with van der Waals surface area (Å²) in [4.78, 5) is 26.7. The van der Waals surface area contributed by atoms with E-state index in [0.717, 1.165) is 0 Å². The fourth-order valence-electron chi connectivity index (χ4n) is 5.58. The summed E-state index contributed by atoms with van der Waals surface area (Å²) < 4.78 is 11.8. The van der Waals surface area contributed by atoms with E-state index in [9.17, 15) is 40.2 Å². The van der Waals surface area contributed by atoms with Gasteiger partial charge in [-0.15, -0.1) is 0 Å². The van der Waals surface area contributed by atoms with Gasteiger partial charge >= 0.3 is 0 Å². The van der Waals surface area contributed by atoms with Gasteiger partial charge in [-0.2, -0.15) is 0 Å². The van der Waals surface area contributed by atoms with Crippen LogP contribution in [0.5, 0.6) is 17.2 Å². The number of fused-ring (bicyclic) bond motifs is 3. The number of carbonyl (C=O) groups excluding carboxylic acids is 2. The predicted molar refractivity (Wildman–Crippen MR) is 126 cm³/mol. The summed E-state index contributed by atoms with van der Waals surface area (Å²) in [5.41, 5.74) is 2.69. The van der Waals surface area contributed by atoms with Crippen molar-refractivity contribution in [3.8, 4) is 17.2 Å². The molecule has 1 saturated heterocycles. The van der Waals surface area contributed by atoms with Crippen LogP contribution in [-0.4, -0.2) is 78.5 Å². The molecule has 8 N–H and O–H groups in total. The quantitative estimate of drug-likeness (QED) is 0.240. The molecule has 1 aliphatic heterocycles. The maximum Gasteiger partial charge on any atom is 0.202 e. The van der Waals surface area contributed by atoms with Gasteiger partial charge in [0.25, 0.3) is 0 Å². The lowest BCUT2D eigenvalue weighted by Gasteiger charge is -2.43. The number of carbonyl (C=O) groups is 2. The number of rotatable bonds is 3. The van der Waals surface area contributed by atoms with Crippen molar-refractivity contribution in [2.45, 2.75) is 75.5 Å². The standard InChI is InChI=1S/C26H29NO10/c1-9-21(30)13(27)6-16(36-9)37-15-8-26(35,10(2)28)7-12-18(15)25(34)20-19(23(12)32)22(31)11-4-3-5-14(29)17(11)24(20)33/h3-5,9-10,13,15-16,21,28-30,32,34-35H,6-8,27H2,1-2H3. The molecular weight excluding hydrogens is 486 g/mol. The summed E-state index contributed by atoms with van der Waals surface area (Å²) in [5.74, 6) is -3.37. The highest BCUT2D eigenvalue weighted by molar-refractivity contribution is 6.31. The first kappa shape index (κ1) is 25.6. The third-order valence-electron chi connectivity index (χ3n) is 7.75. The van der Waals surface area contributed by atoms with Gasteiger partial charge < -0.3 is 45.8 Å². The average Bonchev–Trinajstić information content (AvgIpc) is 2.82. The molecule has 198 valence electrons. The summed E-state index contributed by atoms with van der Waals surface area (Å²) >= 11 is 0. The van der Waals surface area contributed by atoms with Gasteiger partial charge in [-0.1, -0.05) is 12.1 Å². The number of ketones is 2. The van der Waals surface area contributed by atoms with Crippen molar-refractivity contribution in [1.82, 2.24) is 0 Å². The Morgan fingerprint density at radius 1 is 1.11 bits per heavy atom. The molecule has 11 nitrogen and oxygen atoms in total. The number of nitrogens with two attached hydrogens (primary N) is 1. The molecule has 0 bridgehead atoms. The minimum absolute atomic E-state index is 0.0439. The van der Waals surface area contributed by atoms with Crippen LogP contribution in [0.4, 0.5) is 0 Å². The van der Waals surface area contributed by atoms with E-state index in [1.165, 1.54) is 25.1 Å². The van der Waals surface area contributed by atoms with Crippen molar-refractivity contribution in [3.63, 3.8) is 0 Å². The van der Waals surface area contributed by atoms with Crippen LogP contribution in [-0.2, 0) is 15.9 Å². The zero-order valence-corrected chi connectivity index (χ0v) is 20.2. The molecule has 0 aromatic heterocycles. The van der Waals surface area contributed by atoms with Crippen molar-refractivity contribution in [1.29, 1.82) is 0 Å². The Balaban J connectivity index is 1.67. The maximum atomic E-state index is 13.4. The minimum atomic E-state index is -1.82. The zero-order valence-electron chi connectivity index (χ0n) is 20.2. The van der Waals surface area contributed by atoms with Crippen LogP contribution in [0.1, 0.15) is 75.8 Å². The first-order valence-electron chi connectivity index (χ1n) is 12.0. The monoisotopic (exact) mass is 515 g/mol. The molecule has 0 saturated carbocycles. The zero-order chi connectivity index (χ0) is 27.0. The van der Waals surface area contributed by atoms with Gasteiger partial charge in [0, 0.05) is 42.0 Å². The Bertz CT molecular complexity index is 1290. The molecular formula is C26H29NO10. The van der Waals surface area contributed by atoms with Crippen molar-refractivity contribution < 1.29 is 49.7 Å². The van der Waals surface area contributed by atoms with Gasteiger partial charge in [-0.3, -0.25) is 9.59 Å². The van der Waals surface area contributed by atoms with Gasteiger partial charge in [0.05, 0.1) is 46.7 Å². The third kappa shape index (κ3) is 3.81. The van der Waals surface area contributed by atoms with Gasteiger partial charge in [-0.05, 0) is 19.9 Å². The molecule has 0 radical (unpaired) electrons. The fraction of sp³-hybridized carbons (Fsp3) is 0.462. The number of phenols is 3. The van der Waals surface area contributed by atoms with E-state index in [-0.39, 0.29) is 41.5 Å². The molecule has 37 heavy (non-hydrogen) atoms. The van der Waals surface area contributed by atoms with Crippen LogP contribution in [0.15, 0.2) is 18.2 Å². The molecule has 7 atom stereocenters. The molecule has 3 aliphatic rings. The SMILES string of the molecule is CC1OC(OC2CC(O)(C(C)O)Cc3c(O)c4c(c(O)c32)C(=O)c2c(O)cccc2C4=O)CC(N)C1O. The molecule has 0 amide bonds. The summed E-state index contributed by atoms with van der Waals surface area (Å²) in [7, 11) is 0. The predicted octanol–water partition coefficient (Wildman–Crippen LogP) is 0.518. The molecule has 1 fully saturated rings. The Kier molecular flexibility index (Phi) is 6.06. The largest absolute Gasteiger partial charge is 0.507 e. The molecule has 2 aliphatic carbocycles. The average molecular weight is 516 g/mol. The molecule has 11 heteroatoms.